The lowest BCUT2D eigenvalue weighted by molar-refractivity contribution is -0.137. The average Bonchev–Trinajstić information content (AvgIpc) is 2.33. The van der Waals surface area contributed by atoms with Crippen molar-refractivity contribution in [2.75, 3.05) is 26.2 Å². The lowest BCUT2D eigenvalue weighted by Gasteiger charge is -2.26. The topological polar surface area (TPSA) is 119 Å². The minimum Gasteiger partial charge on any atom is -0.480 e. The van der Waals surface area contributed by atoms with Gasteiger partial charge in [0.05, 0.1) is 6.54 Å². The van der Waals surface area contributed by atoms with Gasteiger partial charge in [-0.2, -0.15) is 0 Å². The maximum Gasteiger partial charge on any atom is 0.322 e. The van der Waals surface area contributed by atoms with Gasteiger partial charge < -0.3 is 25.7 Å². The van der Waals surface area contributed by atoms with Crippen molar-refractivity contribution in [3.63, 3.8) is 0 Å². The summed E-state index contributed by atoms with van der Waals surface area (Å²) in [6, 6.07) is -0.484. The summed E-state index contributed by atoms with van der Waals surface area (Å²) in [6.07, 6.45) is 0.455. The molecule has 0 saturated carbocycles. The van der Waals surface area contributed by atoms with E-state index in [0.29, 0.717) is 13.0 Å². The quantitative estimate of drug-likeness (QED) is 0.452. The molecule has 0 bridgehead atoms. The highest BCUT2D eigenvalue weighted by molar-refractivity contribution is 5.86. The van der Waals surface area contributed by atoms with Gasteiger partial charge in [0.15, 0.2) is 0 Å². The number of nitrogens with zero attached hydrogens (tertiary/aromatic N) is 1. The summed E-state index contributed by atoms with van der Waals surface area (Å²) in [5, 5.41) is 21.6. The van der Waals surface area contributed by atoms with E-state index in [0.717, 1.165) is 0 Å². The summed E-state index contributed by atoms with van der Waals surface area (Å²) in [5.74, 6) is -1.71. The molecule has 0 aromatic rings. The second kappa shape index (κ2) is 9.15. The molecule has 0 radical (unpaired) electrons. The van der Waals surface area contributed by atoms with Gasteiger partial charge in [-0.1, -0.05) is 0 Å². The SMILES string of the molecule is CC(C)N(CCCO)C(=O)NCC(=O)NCC(=O)O. The fraction of sp³-hybridized carbons (Fsp3) is 0.727. The molecule has 8 nitrogen and oxygen atoms in total. The zero-order valence-corrected chi connectivity index (χ0v) is 11.2. The molecule has 0 aromatic heterocycles. The molecule has 0 rings (SSSR count). The Morgan fingerprint density at radius 2 is 1.79 bits per heavy atom. The average molecular weight is 275 g/mol. The molecule has 0 aliphatic heterocycles. The molecule has 0 atom stereocenters. The van der Waals surface area contributed by atoms with Crippen LogP contribution in [-0.4, -0.2) is 65.3 Å². The number of carbonyl (C=O) groups excluding carboxylic acids is 2. The Balaban J connectivity index is 4.11. The summed E-state index contributed by atoms with van der Waals surface area (Å²) < 4.78 is 0. The van der Waals surface area contributed by atoms with Crippen molar-refractivity contribution in [2.24, 2.45) is 0 Å². The molecule has 19 heavy (non-hydrogen) atoms. The fourth-order valence-corrected chi connectivity index (χ4v) is 1.33. The maximum absolute atomic E-state index is 11.8. The summed E-state index contributed by atoms with van der Waals surface area (Å²) in [7, 11) is 0. The number of carbonyl (C=O) groups is 3. The molecule has 0 fully saturated rings. The van der Waals surface area contributed by atoms with Gasteiger partial charge in [-0.25, -0.2) is 4.79 Å². The lowest BCUT2D eigenvalue weighted by atomic mass is 10.3. The van der Waals surface area contributed by atoms with Crippen LogP contribution in [0.15, 0.2) is 0 Å². The second-order valence-electron chi connectivity index (χ2n) is 4.19. The third-order valence-corrected chi connectivity index (χ3v) is 2.28. The molecule has 0 aromatic carbocycles. The Kier molecular flexibility index (Phi) is 8.27. The number of rotatable bonds is 8. The number of carboxylic acids is 1. The van der Waals surface area contributed by atoms with Gasteiger partial charge in [-0.15, -0.1) is 0 Å². The van der Waals surface area contributed by atoms with E-state index in [4.69, 9.17) is 10.2 Å². The third kappa shape index (κ3) is 7.98. The Bertz CT molecular complexity index is 319. The first-order valence-electron chi connectivity index (χ1n) is 6.02. The van der Waals surface area contributed by atoms with Gasteiger partial charge in [-0.05, 0) is 20.3 Å². The molecule has 8 heteroatoms. The second-order valence-corrected chi connectivity index (χ2v) is 4.19. The van der Waals surface area contributed by atoms with Crippen LogP contribution in [0.25, 0.3) is 0 Å². The zero-order valence-electron chi connectivity index (χ0n) is 11.2. The highest BCUT2D eigenvalue weighted by Gasteiger charge is 2.16. The van der Waals surface area contributed by atoms with Crippen LogP contribution in [0.5, 0.6) is 0 Å². The number of hydrogen-bond donors (Lipinski definition) is 4. The van der Waals surface area contributed by atoms with E-state index in [1.807, 2.05) is 13.8 Å². The summed E-state index contributed by atoms with van der Waals surface area (Å²) in [6.45, 7) is 3.25. The van der Waals surface area contributed by atoms with Gasteiger partial charge in [0, 0.05) is 19.2 Å². The fourth-order valence-electron chi connectivity index (χ4n) is 1.33. The number of amides is 3. The first-order valence-corrected chi connectivity index (χ1v) is 6.02. The van der Waals surface area contributed by atoms with E-state index >= 15 is 0 Å². The Labute approximate surface area is 111 Å². The first kappa shape index (κ1) is 17.2. The van der Waals surface area contributed by atoms with Gasteiger partial charge >= 0.3 is 12.0 Å². The molecule has 0 saturated heterocycles. The van der Waals surface area contributed by atoms with E-state index in [1.165, 1.54) is 4.90 Å². The van der Waals surface area contributed by atoms with E-state index in [-0.39, 0.29) is 19.2 Å². The van der Waals surface area contributed by atoms with Crippen LogP contribution in [0.1, 0.15) is 20.3 Å². The number of aliphatic hydroxyl groups is 1. The largest absolute Gasteiger partial charge is 0.480 e. The van der Waals surface area contributed by atoms with Crippen molar-refractivity contribution >= 4 is 17.9 Å². The predicted molar refractivity (Wildman–Crippen MR) is 67.6 cm³/mol. The monoisotopic (exact) mass is 275 g/mol. The highest BCUT2D eigenvalue weighted by Crippen LogP contribution is 2.00. The van der Waals surface area contributed by atoms with Crippen LogP contribution in [-0.2, 0) is 9.59 Å². The van der Waals surface area contributed by atoms with Crippen LogP contribution in [0.3, 0.4) is 0 Å². The standard InChI is InChI=1S/C11H21N3O5/c1-8(2)14(4-3-5-15)11(19)13-6-9(16)12-7-10(17)18/h8,15H,3-7H2,1-2H3,(H,12,16)(H,13,19)(H,17,18). The molecule has 3 amide bonds. The molecular weight excluding hydrogens is 254 g/mol. The van der Waals surface area contributed by atoms with Gasteiger partial charge in [0.1, 0.15) is 6.54 Å². The maximum atomic E-state index is 11.8. The smallest absolute Gasteiger partial charge is 0.322 e. The predicted octanol–water partition coefficient (Wildman–Crippen LogP) is -1.01. The van der Waals surface area contributed by atoms with Crippen LogP contribution < -0.4 is 10.6 Å². The van der Waals surface area contributed by atoms with Crippen molar-refractivity contribution in [3.05, 3.63) is 0 Å². The van der Waals surface area contributed by atoms with E-state index in [1.54, 1.807) is 0 Å². The minimum atomic E-state index is -1.15. The van der Waals surface area contributed by atoms with Crippen LogP contribution in [0.2, 0.25) is 0 Å². The number of hydrogen-bond acceptors (Lipinski definition) is 4. The summed E-state index contributed by atoms with van der Waals surface area (Å²) in [5.41, 5.74) is 0. The number of aliphatic hydroxyl groups excluding tert-OH is 1. The van der Waals surface area contributed by atoms with Crippen LogP contribution >= 0.6 is 0 Å². The Hall–Kier alpha value is -1.83. The molecule has 0 aliphatic rings. The molecule has 0 aliphatic carbocycles. The van der Waals surface area contributed by atoms with Crippen molar-refractivity contribution in [1.82, 2.24) is 15.5 Å². The molecule has 0 spiro atoms. The van der Waals surface area contributed by atoms with Gasteiger partial charge in [0.2, 0.25) is 5.91 Å². The molecule has 4 N–H and O–H groups in total. The third-order valence-electron chi connectivity index (χ3n) is 2.28. The number of aliphatic carboxylic acids is 1. The Morgan fingerprint density at radius 3 is 2.26 bits per heavy atom. The Morgan fingerprint density at radius 1 is 1.16 bits per heavy atom. The van der Waals surface area contributed by atoms with E-state index in [9.17, 15) is 14.4 Å². The molecule has 0 heterocycles. The van der Waals surface area contributed by atoms with Crippen LogP contribution in [0.4, 0.5) is 4.79 Å². The number of nitrogens with one attached hydrogen (secondary N) is 2. The molecule has 0 unspecified atom stereocenters. The number of carboxylic acid groups (broad SMARTS) is 1. The van der Waals surface area contributed by atoms with E-state index in [2.05, 4.69) is 10.6 Å². The highest BCUT2D eigenvalue weighted by atomic mass is 16.4. The summed E-state index contributed by atoms with van der Waals surface area (Å²) >= 11 is 0. The van der Waals surface area contributed by atoms with E-state index < -0.39 is 24.5 Å². The van der Waals surface area contributed by atoms with Crippen molar-refractivity contribution in [3.8, 4) is 0 Å². The minimum absolute atomic E-state index is 0.0183. The van der Waals surface area contributed by atoms with Crippen molar-refractivity contribution in [1.29, 1.82) is 0 Å². The zero-order chi connectivity index (χ0) is 14.8. The van der Waals surface area contributed by atoms with Gasteiger partial charge in [-0.3, -0.25) is 9.59 Å². The summed E-state index contributed by atoms with van der Waals surface area (Å²) in [4.78, 5) is 34.7. The molecule has 110 valence electrons. The molecular formula is C11H21N3O5. The van der Waals surface area contributed by atoms with Crippen LogP contribution in [0, 0.1) is 0 Å². The number of urea groups is 1. The lowest BCUT2D eigenvalue weighted by Crippen LogP contribution is -2.48. The van der Waals surface area contributed by atoms with Crippen molar-refractivity contribution < 1.29 is 24.6 Å². The van der Waals surface area contributed by atoms with Gasteiger partial charge in [0.25, 0.3) is 0 Å². The van der Waals surface area contributed by atoms with Crippen molar-refractivity contribution in [2.45, 2.75) is 26.3 Å². The normalized spacial score (nSPS) is 10.1. The first-order chi connectivity index (χ1) is 8.88.